The molecule has 0 radical (unpaired) electrons. The molecule has 0 saturated carbocycles. The summed E-state index contributed by atoms with van der Waals surface area (Å²) in [6, 6.07) is 7.50. The van der Waals surface area contributed by atoms with Crippen molar-refractivity contribution in [2.24, 2.45) is 4.99 Å². The van der Waals surface area contributed by atoms with Crippen LogP contribution < -0.4 is 5.73 Å². The predicted molar refractivity (Wildman–Crippen MR) is 53.8 cm³/mol. The summed E-state index contributed by atoms with van der Waals surface area (Å²) in [5, 5.41) is 0. The van der Waals surface area contributed by atoms with Gasteiger partial charge in [0.15, 0.2) is 0 Å². The second-order valence-electron chi connectivity index (χ2n) is 2.52. The highest BCUT2D eigenvalue weighted by molar-refractivity contribution is 5.95. The molecular formula is C10H12N2. The molecule has 0 fully saturated rings. The van der Waals surface area contributed by atoms with Crippen molar-refractivity contribution in [3.63, 3.8) is 0 Å². The Kier molecular flexibility index (Phi) is 2.64. The van der Waals surface area contributed by atoms with Crippen molar-refractivity contribution in [1.29, 1.82) is 0 Å². The van der Waals surface area contributed by atoms with E-state index in [9.17, 15) is 0 Å². The van der Waals surface area contributed by atoms with Gasteiger partial charge in [0.2, 0.25) is 0 Å². The number of hydrogen-bond donors (Lipinski definition) is 1. The molecule has 0 bridgehead atoms. The molecule has 0 atom stereocenters. The number of nitrogens with zero attached hydrogens (tertiary/aromatic N) is 1. The average molecular weight is 160 g/mol. The third kappa shape index (κ3) is 1.95. The van der Waals surface area contributed by atoms with E-state index in [0.29, 0.717) is 5.69 Å². The molecule has 12 heavy (non-hydrogen) atoms. The summed E-state index contributed by atoms with van der Waals surface area (Å²) in [6.07, 6.45) is 1.70. The molecule has 1 rings (SSSR count). The van der Waals surface area contributed by atoms with E-state index >= 15 is 0 Å². The summed E-state index contributed by atoms with van der Waals surface area (Å²) in [7, 11) is 0. The van der Waals surface area contributed by atoms with Crippen molar-refractivity contribution < 1.29 is 0 Å². The van der Waals surface area contributed by atoms with Crippen molar-refractivity contribution >= 4 is 17.1 Å². The fourth-order valence-corrected chi connectivity index (χ4v) is 0.825. The van der Waals surface area contributed by atoms with Crippen LogP contribution in [-0.2, 0) is 0 Å². The average Bonchev–Trinajstić information content (AvgIpc) is 2.09. The van der Waals surface area contributed by atoms with Gasteiger partial charge in [0.05, 0.1) is 11.4 Å². The number of nitrogens with two attached hydrogens (primary N) is 1. The number of para-hydroxylation sites is 2. The standard InChI is InChI=1S/C10H12N2/c1-3-8(2)12-10-7-5-4-6-9(10)11/h3-7H,1,11H2,2H3/b12-8-. The lowest BCUT2D eigenvalue weighted by molar-refractivity contribution is 1.50. The molecule has 0 aliphatic heterocycles. The summed E-state index contributed by atoms with van der Waals surface area (Å²) < 4.78 is 0. The minimum atomic E-state index is 0.693. The van der Waals surface area contributed by atoms with E-state index < -0.39 is 0 Å². The van der Waals surface area contributed by atoms with E-state index in [1.54, 1.807) is 6.08 Å². The van der Waals surface area contributed by atoms with E-state index in [2.05, 4.69) is 11.6 Å². The number of anilines is 1. The number of allylic oxidation sites excluding steroid dienone is 1. The van der Waals surface area contributed by atoms with Gasteiger partial charge < -0.3 is 5.73 Å². The second kappa shape index (κ2) is 3.72. The minimum Gasteiger partial charge on any atom is -0.397 e. The van der Waals surface area contributed by atoms with Crippen molar-refractivity contribution in [1.82, 2.24) is 0 Å². The first-order valence-corrected chi connectivity index (χ1v) is 3.76. The number of nitrogen functional groups attached to an aromatic ring is 1. The monoisotopic (exact) mass is 160 g/mol. The van der Waals surface area contributed by atoms with Gasteiger partial charge >= 0.3 is 0 Å². The molecule has 0 unspecified atom stereocenters. The maximum Gasteiger partial charge on any atom is 0.0862 e. The van der Waals surface area contributed by atoms with Gasteiger partial charge in [0.25, 0.3) is 0 Å². The van der Waals surface area contributed by atoms with Crippen LogP contribution in [0.2, 0.25) is 0 Å². The fraction of sp³-hybridized carbons (Fsp3) is 0.100. The zero-order valence-corrected chi connectivity index (χ0v) is 7.12. The first-order valence-electron chi connectivity index (χ1n) is 3.76. The molecule has 0 saturated heterocycles. The van der Waals surface area contributed by atoms with Gasteiger partial charge in [-0.3, -0.25) is 4.99 Å². The molecule has 0 spiro atoms. The summed E-state index contributed by atoms with van der Waals surface area (Å²) >= 11 is 0. The minimum absolute atomic E-state index is 0.693. The lowest BCUT2D eigenvalue weighted by Gasteiger charge is -1.98. The molecule has 1 aromatic rings. The van der Waals surface area contributed by atoms with Crippen LogP contribution in [-0.4, -0.2) is 5.71 Å². The third-order valence-corrected chi connectivity index (χ3v) is 1.53. The molecule has 0 aliphatic rings. The molecule has 62 valence electrons. The lowest BCUT2D eigenvalue weighted by Crippen LogP contribution is -1.87. The van der Waals surface area contributed by atoms with E-state index in [1.807, 2.05) is 31.2 Å². The molecule has 0 amide bonds. The van der Waals surface area contributed by atoms with Gasteiger partial charge in [-0.15, -0.1) is 0 Å². The van der Waals surface area contributed by atoms with Gasteiger partial charge in [-0.05, 0) is 25.1 Å². The molecule has 2 N–H and O–H groups in total. The maximum absolute atomic E-state index is 5.68. The maximum atomic E-state index is 5.68. The molecule has 0 heterocycles. The fourth-order valence-electron chi connectivity index (χ4n) is 0.825. The van der Waals surface area contributed by atoms with Crippen molar-refractivity contribution in [3.05, 3.63) is 36.9 Å². The highest BCUT2D eigenvalue weighted by Gasteiger charge is 1.93. The first-order chi connectivity index (χ1) is 5.74. The Morgan fingerprint density at radius 2 is 2.17 bits per heavy atom. The van der Waals surface area contributed by atoms with E-state index in [1.165, 1.54) is 0 Å². The van der Waals surface area contributed by atoms with Crippen LogP contribution in [0.15, 0.2) is 41.9 Å². The van der Waals surface area contributed by atoms with Crippen molar-refractivity contribution in [3.8, 4) is 0 Å². The number of hydrogen-bond acceptors (Lipinski definition) is 2. The quantitative estimate of drug-likeness (QED) is 0.524. The van der Waals surface area contributed by atoms with Crippen molar-refractivity contribution in [2.45, 2.75) is 6.92 Å². The summed E-state index contributed by atoms with van der Waals surface area (Å²) in [5.74, 6) is 0. The van der Waals surface area contributed by atoms with Gasteiger partial charge in [-0.2, -0.15) is 0 Å². The highest BCUT2D eigenvalue weighted by atomic mass is 14.8. The summed E-state index contributed by atoms with van der Waals surface area (Å²) in [5.41, 5.74) is 8.04. The normalized spacial score (nSPS) is 11.2. The van der Waals surface area contributed by atoms with Crippen LogP contribution in [0.3, 0.4) is 0 Å². The smallest absolute Gasteiger partial charge is 0.0862 e. The molecule has 0 aromatic heterocycles. The highest BCUT2D eigenvalue weighted by Crippen LogP contribution is 2.20. The van der Waals surface area contributed by atoms with Crippen LogP contribution in [0.1, 0.15) is 6.92 Å². The van der Waals surface area contributed by atoms with E-state index in [0.717, 1.165) is 11.4 Å². The summed E-state index contributed by atoms with van der Waals surface area (Å²) in [6.45, 7) is 5.50. The third-order valence-electron chi connectivity index (χ3n) is 1.53. The number of benzene rings is 1. The Morgan fingerprint density at radius 3 is 2.75 bits per heavy atom. The van der Waals surface area contributed by atoms with Crippen LogP contribution in [0, 0.1) is 0 Å². The molecule has 1 aromatic carbocycles. The van der Waals surface area contributed by atoms with Crippen LogP contribution in [0.4, 0.5) is 11.4 Å². The lowest BCUT2D eigenvalue weighted by atomic mass is 10.3. The van der Waals surface area contributed by atoms with Crippen LogP contribution in [0.5, 0.6) is 0 Å². The molecule has 0 aliphatic carbocycles. The number of aliphatic imine (C=N–C) groups is 1. The van der Waals surface area contributed by atoms with E-state index in [-0.39, 0.29) is 0 Å². The first kappa shape index (κ1) is 8.53. The predicted octanol–water partition coefficient (Wildman–Crippen LogP) is 2.55. The largest absolute Gasteiger partial charge is 0.397 e. The Balaban J connectivity index is 3.04. The van der Waals surface area contributed by atoms with Gasteiger partial charge in [0, 0.05) is 5.71 Å². The van der Waals surface area contributed by atoms with Crippen LogP contribution in [0.25, 0.3) is 0 Å². The van der Waals surface area contributed by atoms with Crippen molar-refractivity contribution in [2.75, 3.05) is 5.73 Å². The Morgan fingerprint density at radius 1 is 1.50 bits per heavy atom. The van der Waals surface area contributed by atoms with Gasteiger partial charge in [-0.25, -0.2) is 0 Å². The molecular weight excluding hydrogens is 148 g/mol. The Labute approximate surface area is 72.4 Å². The number of rotatable bonds is 2. The van der Waals surface area contributed by atoms with Crippen LogP contribution >= 0.6 is 0 Å². The molecule has 2 heteroatoms. The van der Waals surface area contributed by atoms with E-state index in [4.69, 9.17) is 5.73 Å². The summed E-state index contributed by atoms with van der Waals surface area (Å²) in [4.78, 5) is 4.25. The zero-order chi connectivity index (χ0) is 8.97. The Bertz CT molecular complexity index is 313. The van der Waals surface area contributed by atoms with Gasteiger partial charge in [0.1, 0.15) is 0 Å². The second-order valence-corrected chi connectivity index (χ2v) is 2.52. The topological polar surface area (TPSA) is 38.4 Å². The van der Waals surface area contributed by atoms with Gasteiger partial charge in [-0.1, -0.05) is 18.7 Å². The molecule has 2 nitrogen and oxygen atoms in total. The SMILES string of the molecule is C=C/C(C)=N\c1ccccc1N. The zero-order valence-electron chi connectivity index (χ0n) is 7.12. The Hall–Kier alpha value is -1.57.